The normalized spacial score (nSPS) is 11.7. The summed E-state index contributed by atoms with van der Waals surface area (Å²) in [5.41, 5.74) is 3.64. The maximum atomic E-state index is 12.4. The molecule has 3 aromatic rings. The molecule has 0 aromatic heterocycles. The molecule has 3 aromatic carbocycles. The summed E-state index contributed by atoms with van der Waals surface area (Å²) in [4.78, 5) is 12.4. The number of ether oxygens (including phenoxy) is 3. The van der Waals surface area contributed by atoms with E-state index in [0.29, 0.717) is 17.9 Å². The number of hydrogen-bond acceptors (Lipinski definition) is 4. The second kappa shape index (κ2) is 9.89. The molecule has 0 heterocycles. The Morgan fingerprint density at radius 3 is 1.90 bits per heavy atom. The van der Waals surface area contributed by atoms with Gasteiger partial charge in [0.15, 0.2) is 0 Å². The number of hydrogen-bond donors (Lipinski definition) is 0. The maximum absolute atomic E-state index is 12.4. The van der Waals surface area contributed by atoms with E-state index >= 15 is 0 Å². The molecule has 29 heavy (non-hydrogen) atoms. The zero-order valence-corrected chi connectivity index (χ0v) is 17.1. The maximum Gasteiger partial charge on any atom is 0.343 e. The molecular weight excluding hydrogens is 364 g/mol. The van der Waals surface area contributed by atoms with Gasteiger partial charge in [-0.15, -0.1) is 0 Å². The van der Waals surface area contributed by atoms with Gasteiger partial charge in [0.2, 0.25) is 0 Å². The number of esters is 1. The first kappa shape index (κ1) is 20.6. The smallest absolute Gasteiger partial charge is 0.343 e. The number of methoxy groups -OCH3 is 1. The fourth-order valence-electron chi connectivity index (χ4n) is 2.87. The zero-order valence-electron chi connectivity index (χ0n) is 17.1. The third-order valence-electron chi connectivity index (χ3n) is 4.69. The van der Waals surface area contributed by atoms with Gasteiger partial charge >= 0.3 is 5.97 Å². The van der Waals surface area contributed by atoms with Gasteiger partial charge in [0.1, 0.15) is 11.5 Å². The van der Waals surface area contributed by atoms with Gasteiger partial charge in [-0.2, -0.15) is 0 Å². The Morgan fingerprint density at radius 2 is 1.38 bits per heavy atom. The van der Waals surface area contributed by atoms with E-state index in [1.165, 1.54) is 0 Å². The topological polar surface area (TPSA) is 44.8 Å². The Hall–Kier alpha value is -3.11. The molecule has 1 unspecified atom stereocenters. The Kier molecular flexibility index (Phi) is 7.04. The van der Waals surface area contributed by atoms with Gasteiger partial charge in [-0.3, -0.25) is 0 Å². The molecule has 3 rings (SSSR count). The van der Waals surface area contributed by atoms with E-state index in [9.17, 15) is 4.79 Å². The summed E-state index contributed by atoms with van der Waals surface area (Å²) in [6, 6.07) is 22.7. The molecule has 0 radical (unpaired) electrons. The minimum atomic E-state index is -0.383. The average molecular weight is 390 g/mol. The molecule has 0 fully saturated rings. The lowest BCUT2D eigenvalue weighted by Crippen LogP contribution is -2.08. The van der Waals surface area contributed by atoms with Crippen LogP contribution in [-0.2, 0) is 4.74 Å². The molecule has 0 saturated carbocycles. The van der Waals surface area contributed by atoms with E-state index in [0.717, 1.165) is 28.9 Å². The molecule has 150 valence electrons. The van der Waals surface area contributed by atoms with E-state index in [-0.39, 0.29) is 12.1 Å². The van der Waals surface area contributed by atoms with Crippen LogP contribution in [-0.4, -0.2) is 19.7 Å². The molecular formula is C25H26O4. The van der Waals surface area contributed by atoms with Crippen molar-refractivity contribution < 1.29 is 19.0 Å². The van der Waals surface area contributed by atoms with Crippen LogP contribution in [0, 0.1) is 0 Å². The Labute approximate surface area is 172 Å². The second-order valence-electron chi connectivity index (χ2n) is 6.79. The number of carbonyl (C=O) groups excluding carboxylic acids is 1. The van der Waals surface area contributed by atoms with Gasteiger partial charge in [0.05, 0.1) is 18.3 Å². The van der Waals surface area contributed by atoms with Crippen molar-refractivity contribution in [1.82, 2.24) is 0 Å². The Balaban J connectivity index is 1.63. The first-order chi connectivity index (χ1) is 14.1. The summed E-state index contributed by atoms with van der Waals surface area (Å²) in [7, 11) is 1.66. The molecule has 0 saturated heterocycles. The molecule has 0 aliphatic rings. The molecule has 0 aliphatic heterocycles. The van der Waals surface area contributed by atoms with Gasteiger partial charge < -0.3 is 14.2 Å². The highest BCUT2D eigenvalue weighted by molar-refractivity contribution is 5.91. The third kappa shape index (κ3) is 5.46. The van der Waals surface area contributed by atoms with Crippen LogP contribution in [0.15, 0.2) is 72.8 Å². The van der Waals surface area contributed by atoms with Crippen LogP contribution in [0.1, 0.15) is 42.3 Å². The molecule has 0 bridgehead atoms. The monoisotopic (exact) mass is 390 g/mol. The lowest BCUT2D eigenvalue weighted by atomic mass is 10.1. The van der Waals surface area contributed by atoms with Crippen molar-refractivity contribution in [3.63, 3.8) is 0 Å². The van der Waals surface area contributed by atoms with Crippen molar-refractivity contribution in [3.05, 3.63) is 83.9 Å². The molecule has 0 aliphatic carbocycles. The predicted octanol–water partition coefficient (Wildman–Crippen LogP) is 6.07. The second-order valence-corrected chi connectivity index (χ2v) is 6.79. The van der Waals surface area contributed by atoms with Crippen LogP contribution in [0.25, 0.3) is 11.1 Å². The van der Waals surface area contributed by atoms with Crippen LogP contribution < -0.4 is 9.47 Å². The van der Waals surface area contributed by atoms with Gasteiger partial charge in [0, 0.05) is 7.11 Å². The summed E-state index contributed by atoms with van der Waals surface area (Å²) < 4.78 is 16.4. The van der Waals surface area contributed by atoms with Gasteiger partial charge in [-0.1, -0.05) is 43.3 Å². The molecule has 0 N–H and O–H groups in total. The minimum absolute atomic E-state index is 0.0140. The van der Waals surface area contributed by atoms with E-state index in [2.05, 4.69) is 6.92 Å². The summed E-state index contributed by atoms with van der Waals surface area (Å²) in [5, 5.41) is 0. The summed E-state index contributed by atoms with van der Waals surface area (Å²) in [5.74, 6) is 0.995. The average Bonchev–Trinajstić information content (AvgIpc) is 2.78. The van der Waals surface area contributed by atoms with E-state index in [1.807, 2.05) is 55.5 Å². The van der Waals surface area contributed by atoms with Gasteiger partial charge in [-0.05, 0) is 66.4 Å². The molecule has 4 nitrogen and oxygen atoms in total. The highest BCUT2D eigenvalue weighted by Gasteiger charge is 2.10. The zero-order chi connectivity index (χ0) is 20.6. The first-order valence-corrected chi connectivity index (χ1v) is 9.79. The third-order valence-corrected chi connectivity index (χ3v) is 4.69. The molecule has 1 atom stereocenters. The van der Waals surface area contributed by atoms with Crippen molar-refractivity contribution in [2.75, 3.05) is 13.7 Å². The van der Waals surface area contributed by atoms with Gasteiger partial charge in [0.25, 0.3) is 0 Å². The van der Waals surface area contributed by atoms with Crippen molar-refractivity contribution in [1.29, 1.82) is 0 Å². The van der Waals surface area contributed by atoms with E-state index in [4.69, 9.17) is 14.2 Å². The Morgan fingerprint density at radius 1 is 0.828 bits per heavy atom. The summed E-state index contributed by atoms with van der Waals surface area (Å²) in [6.45, 7) is 4.76. The Bertz CT molecular complexity index is 913. The fraction of sp³-hybridized carbons (Fsp3) is 0.240. The lowest BCUT2D eigenvalue weighted by molar-refractivity contribution is 0.0734. The van der Waals surface area contributed by atoms with Crippen molar-refractivity contribution in [2.45, 2.75) is 26.4 Å². The molecule has 4 heteroatoms. The van der Waals surface area contributed by atoms with Crippen LogP contribution in [0.3, 0.4) is 0 Å². The van der Waals surface area contributed by atoms with Crippen molar-refractivity contribution in [3.8, 4) is 22.6 Å². The molecule has 0 amide bonds. The largest absolute Gasteiger partial charge is 0.494 e. The fourth-order valence-corrected chi connectivity index (χ4v) is 2.87. The lowest BCUT2D eigenvalue weighted by Gasteiger charge is -2.10. The molecule has 0 spiro atoms. The van der Waals surface area contributed by atoms with Crippen molar-refractivity contribution in [2.24, 2.45) is 0 Å². The van der Waals surface area contributed by atoms with Crippen LogP contribution in [0.4, 0.5) is 0 Å². The van der Waals surface area contributed by atoms with Crippen LogP contribution in [0.2, 0.25) is 0 Å². The van der Waals surface area contributed by atoms with Crippen LogP contribution >= 0.6 is 0 Å². The highest BCUT2D eigenvalue weighted by atomic mass is 16.5. The predicted molar refractivity (Wildman–Crippen MR) is 114 cm³/mol. The van der Waals surface area contributed by atoms with Gasteiger partial charge in [-0.25, -0.2) is 4.79 Å². The standard InChI is InChI=1S/C25H26O4/c1-4-17-28-23-13-9-20(10-14-23)21-11-15-24(16-12-21)29-25(26)22-7-5-19(6-8-22)18(2)27-3/h5-16,18H,4,17H2,1-3H3. The summed E-state index contributed by atoms with van der Waals surface area (Å²) >= 11 is 0. The van der Waals surface area contributed by atoms with Crippen LogP contribution in [0.5, 0.6) is 11.5 Å². The summed E-state index contributed by atoms with van der Waals surface area (Å²) in [6.07, 6.45) is 0.970. The first-order valence-electron chi connectivity index (χ1n) is 9.79. The highest BCUT2D eigenvalue weighted by Crippen LogP contribution is 2.25. The van der Waals surface area contributed by atoms with E-state index in [1.54, 1.807) is 31.4 Å². The number of carbonyl (C=O) groups is 1. The quantitative estimate of drug-likeness (QED) is 0.346. The number of benzene rings is 3. The minimum Gasteiger partial charge on any atom is -0.494 e. The van der Waals surface area contributed by atoms with Crippen molar-refractivity contribution >= 4 is 5.97 Å². The number of rotatable bonds is 8. The van der Waals surface area contributed by atoms with E-state index < -0.39 is 0 Å². The SMILES string of the molecule is CCCOc1ccc(-c2ccc(OC(=O)c3ccc(C(C)OC)cc3)cc2)cc1.